The van der Waals surface area contributed by atoms with E-state index in [0.29, 0.717) is 11.3 Å². The van der Waals surface area contributed by atoms with Gasteiger partial charge in [-0.15, -0.1) is 0 Å². The highest BCUT2D eigenvalue weighted by atomic mass is 16.5. The molecule has 0 fully saturated rings. The molecule has 2 rings (SSSR count). The summed E-state index contributed by atoms with van der Waals surface area (Å²) in [6, 6.07) is 14.8. The van der Waals surface area contributed by atoms with Gasteiger partial charge in [0.25, 0.3) is 5.91 Å². The fourth-order valence-corrected chi connectivity index (χ4v) is 1.80. The van der Waals surface area contributed by atoms with Gasteiger partial charge in [0.2, 0.25) is 0 Å². The van der Waals surface area contributed by atoms with Crippen LogP contribution in [0.2, 0.25) is 0 Å². The van der Waals surface area contributed by atoms with Crippen LogP contribution in [0, 0.1) is 11.3 Å². The van der Waals surface area contributed by atoms with Gasteiger partial charge in [0.1, 0.15) is 0 Å². The van der Waals surface area contributed by atoms with Gasteiger partial charge in [-0.3, -0.25) is 4.79 Å². The summed E-state index contributed by atoms with van der Waals surface area (Å²) in [4.78, 5) is 23.9. The van der Waals surface area contributed by atoms with E-state index in [0.717, 1.165) is 0 Å². The third kappa shape index (κ3) is 3.25. The molecular formula is C16H12N2O3. The summed E-state index contributed by atoms with van der Waals surface area (Å²) in [7, 11) is 1.26. The number of nitriles is 1. The Kier molecular flexibility index (Phi) is 4.32. The molecule has 0 saturated carbocycles. The van der Waals surface area contributed by atoms with Gasteiger partial charge in [0, 0.05) is 5.69 Å². The lowest BCUT2D eigenvalue weighted by molar-refractivity contribution is 0.0597. The largest absolute Gasteiger partial charge is 0.465 e. The van der Waals surface area contributed by atoms with Gasteiger partial charge in [-0.1, -0.05) is 12.1 Å². The average Bonchev–Trinajstić information content (AvgIpc) is 2.54. The number of rotatable bonds is 3. The Morgan fingerprint density at radius 3 is 2.24 bits per heavy atom. The van der Waals surface area contributed by atoms with Crippen LogP contribution >= 0.6 is 0 Å². The van der Waals surface area contributed by atoms with Crippen LogP contribution in [0.4, 0.5) is 5.69 Å². The molecule has 0 saturated heterocycles. The number of esters is 1. The zero-order chi connectivity index (χ0) is 15.2. The number of anilines is 1. The number of carbonyl (C=O) groups is 2. The smallest absolute Gasteiger partial charge is 0.338 e. The first-order chi connectivity index (χ1) is 10.2. The van der Waals surface area contributed by atoms with Crippen LogP contribution in [0.25, 0.3) is 0 Å². The zero-order valence-corrected chi connectivity index (χ0v) is 11.3. The summed E-state index contributed by atoms with van der Waals surface area (Å²) in [5.74, 6) is -0.985. The Bertz CT molecular complexity index is 715. The Morgan fingerprint density at radius 2 is 1.67 bits per heavy atom. The molecule has 0 spiro atoms. The van der Waals surface area contributed by atoms with Crippen LogP contribution in [0.15, 0.2) is 48.5 Å². The lowest BCUT2D eigenvalue weighted by Crippen LogP contribution is -2.17. The number of nitrogens with zero attached hydrogens (tertiary/aromatic N) is 1. The third-order valence-corrected chi connectivity index (χ3v) is 2.85. The van der Waals surface area contributed by atoms with E-state index in [4.69, 9.17) is 5.26 Å². The quantitative estimate of drug-likeness (QED) is 0.876. The Labute approximate surface area is 121 Å². The number of hydrogen-bond donors (Lipinski definition) is 1. The molecule has 0 aliphatic heterocycles. The molecule has 5 nitrogen and oxygen atoms in total. The van der Waals surface area contributed by atoms with Crippen molar-refractivity contribution < 1.29 is 14.3 Å². The molecule has 2 aromatic rings. The van der Waals surface area contributed by atoms with Crippen LogP contribution in [-0.4, -0.2) is 19.0 Å². The number of nitrogens with one attached hydrogen (secondary N) is 1. The van der Waals surface area contributed by atoms with Crippen molar-refractivity contribution in [2.45, 2.75) is 0 Å². The SMILES string of the molecule is COC(=O)c1ccccc1C(=O)Nc1ccc(C#N)cc1. The molecular weight excluding hydrogens is 268 g/mol. The first-order valence-electron chi connectivity index (χ1n) is 6.14. The average molecular weight is 280 g/mol. The molecule has 0 aliphatic carbocycles. The van der Waals surface area contributed by atoms with Crippen molar-refractivity contribution in [1.82, 2.24) is 0 Å². The predicted molar refractivity (Wildman–Crippen MR) is 76.9 cm³/mol. The molecule has 0 aliphatic rings. The van der Waals surface area contributed by atoms with Crippen LogP contribution < -0.4 is 5.32 Å². The minimum Gasteiger partial charge on any atom is -0.465 e. The number of hydrogen-bond acceptors (Lipinski definition) is 4. The van der Waals surface area contributed by atoms with E-state index in [1.807, 2.05) is 6.07 Å². The third-order valence-electron chi connectivity index (χ3n) is 2.85. The molecule has 0 bridgehead atoms. The summed E-state index contributed by atoms with van der Waals surface area (Å²) in [5, 5.41) is 11.4. The summed E-state index contributed by atoms with van der Waals surface area (Å²) in [5.41, 5.74) is 1.47. The Balaban J connectivity index is 2.24. The van der Waals surface area contributed by atoms with Crippen molar-refractivity contribution in [1.29, 1.82) is 5.26 Å². The summed E-state index contributed by atoms with van der Waals surface area (Å²) < 4.78 is 4.65. The van der Waals surface area contributed by atoms with Gasteiger partial charge < -0.3 is 10.1 Å². The molecule has 2 aromatic carbocycles. The molecule has 1 N–H and O–H groups in total. The minimum atomic E-state index is -0.569. The van der Waals surface area contributed by atoms with Crippen molar-refractivity contribution in [3.05, 3.63) is 65.2 Å². The molecule has 0 radical (unpaired) electrons. The highest BCUT2D eigenvalue weighted by molar-refractivity contribution is 6.11. The van der Waals surface area contributed by atoms with E-state index in [-0.39, 0.29) is 11.1 Å². The topological polar surface area (TPSA) is 79.2 Å². The number of amides is 1. The fraction of sp³-hybridized carbons (Fsp3) is 0.0625. The summed E-state index contributed by atoms with van der Waals surface area (Å²) in [6.07, 6.45) is 0. The molecule has 0 atom stereocenters. The summed E-state index contributed by atoms with van der Waals surface area (Å²) >= 11 is 0. The van der Waals surface area contributed by atoms with E-state index >= 15 is 0 Å². The van der Waals surface area contributed by atoms with Gasteiger partial charge in [0.05, 0.1) is 29.9 Å². The molecule has 5 heteroatoms. The van der Waals surface area contributed by atoms with E-state index in [1.165, 1.54) is 13.2 Å². The number of benzene rings is 2. The second-order valence-electron chi connectivity index (χ2n) is 4.18. The highest BCUT2D eigenvalue weighted by Crippen LogP contribution is 2.14. The number of carbonyl (C=O) groups excluding carboxylic acids is 2. The van der Waals surface area contributed by atoms with Crippen molar-refractivity contribution in [2.75, 3.05) is 12.4 Å². The van der Waals surface area contributed by atoms with E-state index in [1.54, 1.807) is 42.5 Å². The molecule has 1 amide bonds. The standard InChI is InChI=1S/C16H12N2O3/c1-21-16(20)14-5-3-2-4-13(14)15(19)18-12-8-6-11(10-17)7-9-12/h2-9H,1H3,(H,18,19). The first-order valence-corrected chi connectivity index (χ1v) is 6.14. The van der Waals surface area contributed by atoms with Gasteiger partial charge in [-0.25, -0.2) is 4.79 Å². The Morgan fingerprint density at radius 1 is 1.05 bits per heavy atom. The van der Waals surface area contributed by atoms with E-state index < -0.39 is 11.9 Å². The maximum atomic E-state index is 12.2. The second-order valence-corrected chi connectivity index (χ2v) is 4.18. The van der Waals surface area contributed by atoms with Crippen molar-refractivity contribution in [3.8, 4) is 6.07 Å². The summed E-state index contributed by atoms with van der Waals surface area (Å²) in [6.45, 7) is 0. The van der Waals surface area contributed by atoms with Crippen molar-refractivity contribution in [3.63, 3.8) is 0 Å². The second kappa shape index (κ2) is 6.35. The molecule has 0 heterocycles. The fourth-order valence-electron chi connectivity index (χ4n) is 1.80. The van der Waals surface area contributed by atoms with Crippen LogP contribution in [0.5, 0.6) is 0 Å². The normalized spacial score (nSPS) is 9.52. The molecule has 104 valence electrons. The van der Waals surface area contributed by atoms with E-state index in [9.17, 15) is 9.59 Å². The van der Waals surface area contributed by atoms with Gasteiger partial charge in [0.15, 0.2) is 0 Å². The Hall–Kier alpha value is -3.13. The number of ether oxygens (including phenoxy) is 1. The molecule has 0 aromatic heterocycles. The van der Waals surface area contributed by atoms with Crippen molar-refractivity contribution in [2.24, 2.45) is 0 Å². The first kappa shape index (κ1) is 14.3. The van der Waals surface area contributed by atoms with E-state index in [2.05, 4.69) is 10.1 Å². The maximum absolute atomic E-state index is 12.2. The van der Waals surface area contributed by atoms with Crippen LogP contribution in [0.1, 0.15) is 26.3 Å². The van der Waals surface area contributed by atoms with Gasteiger partial charge in [-0.2, -0.15) is 5.26 Å². The predicted octanol–water partition coefficient (Wildman–Crippen LogP) is 2.60. The minimum absolute atomic E-state index is 0.200. The van der Waals surface area contributed by atoms with Gasteiger partial charge >= 0.3 is 5.97 Å². The number of methoxy groups -OCH3 is 1. The lowest BCUT2D eigenvalue weighted by Gasteiger charge is -2.08. The van der Waals surface area contributed by atoms with Crippen molar-refractivity contribution >= 4 is 17.6 Å². The molecule has 0 unspecified atom stereocenters. The molecule has 21 heavy (non-hydrogen) atoms. The van der Waals surface area contributed by atoms with Gasteiger partial charge in [-0.05, 0) is 36.4 Å². The highest BCUT2D eigenvalue weighted by Gasteiger charge is 2.16. The zero-order valence-electron chi connectivity index (χ0n) is 11.3. The lowest BCUT2D eigenvalue weighted by atomic mass is 10.1. The van der Waals surface area contributed by atoms with Crippen LogP contribution in [-0.2, 0) is 4.74 Å². The van der Waals surface area contributed by atoms with Crippen LogP contribution in [0.3, 0.4) is 0 Å². The monoisotopic (exact) mass is 280 g/mol. The maximum Gasteiger partial charge on any atom is 0.338 e.